The molecule has 0 saturated heterocycles. The molecule has 0 radical (unpaired) electrons. The summed E-state index contributed by atoms with van der Waals surface area (Å²) >= 11 is 7.92. The van der Waals surface area contributed by atoms with Gasteiger partial charge in [-0.05, 0) is 62.0 Å². The molecule has 4 heteroatoms. The Hall–Kier alpha value is -1.03. The molecule has 0 bridgehead atoms. The van der Waals surface area contributed by atoms with Gasteiger partial charge in [-0.2, -0.15) is 0 Å². The summed E-state index contributed by atoms with van der Waals surface area (Å²) in [6, 6.07) is 7.92. The van der Waals surface area contributed by atoms with E-state index in [9.17, 15) is 0 Å². The highest BCUT2D eigenvalue weighted by Gasteiger charge is 2.17. The first-order valence-electron chi connectivity index (χ1n) is 6.81. The fourth-order valence-corrected chi connectivity index (χ4v) is 3.45. The second-order valence-corrected chi connectivity index (χ2v) is 6.22. The van der Waals surface area contributed by atoms with Crippen LogP contribution in [0, 0.1) is 6.92 Å². The fourth-order valence-electron chi connectivity index (χ4n) is 2.28. The minimum Gasteiger partial charge on any atom is -0.494 e. The van der Waals surface area contributed by atoms with E-state index in [0.29, 0.717) is 13.2 Å². The van der Waals surface area contributed by atoms with Crippen LogP contribution in [-0.2, 0) is 6.42 Å². The zero-order valence-electron chi connectivity index (χ0n) is 11.9. The van der Waals surface area contributed by atoms with Crippen LogP contribution in [0.15, 0.2) is 29.6 Å². The molecule has 2 rings (SSSR count). The van der Waals surface area contributed by atoms with Crippen LogP contribution in [0.25, 0.3) is 0 Å². The van der Waals surface area contributed by atoms with Gasteiger partial charge in [-0.1, -0.05) is 11.6 Å². The Labute approximate surface area is 129 Å². The highest BCUT2D eigenvalue weighted by Crippen LogP contribution is 2.33. The Morgan fingerprint density at radius 3 is 2.75 bits per heavy atom. The second kappa shape index (κ2) is 7.11. The number of halogens is 1. The summed E-state index contributed by atoms with van der Waals surface area (Å²) in [5.41, 5.74) is 8.43. The Balaban J connectivity index is 2.30. The molecule has 20 heavy (non-hydrogen) atoms. The highest BCUT2D eigenvalue weighted by molar-refractivity contribution is 7.10. The van der Waals surface area contributed by atoms with Crippen molar-refractivity contribution in [2.75, 3.05) is 13.2 Å². The van der Waals surface area contributed by atoms with Crippen molar-refractivity contribution in [2.24, 2.45) is 5.73 Å². The third kappa shape index (κ3) is 3.54. The zero-order chi connectivity index (χ0) is 14.5. The molecule has 0 amide bonds. The Kier molecular flexibility index (Phi) is 5.46. The molecular weight excluding hydrogens is 290 g/mol. The molecule has 0 spiro atoms. The number of nitrogens with two attached hydrogens (primary N) is 1. The van der Waals surface area contributed by atoms with Crippen molar-refractivity contribution in [3.63, 3.8) is 0 Å². The van der Waals surface area contributed by atoms with Gasteiger partial charge < -0.3 is 10.5 Å². The number of thiophene rings is 1. The number of ether oxygens (including phenoxy) is 1. The second-order valence-electron chi connectivity index (χ2n) is 4.78. The lowest BCUT2D eigenvalue weighted by Crippen LogP contribution is -2.16. The predicted molar refractivity (Wildman–Crippen MR) is 87.2 cm³/mol. The van der Waals surface area contributed by atoms with Crippen LogP contribution < -0.4 is 10.5 Å². The van der Waals surface area contributed by atoms with Gasteiger partial charge in [0.05, 0.1) is 6.61 Å². The number of hydrogen-bond donors (Lipinski definition) is 1. The number of benzene rings is 1. The number of rotatable bonds is 6. The standard InChI is InChI=1S/C16H20ClNOS/c1-3-19-15-5-4-13(17)9-14(15)12(10-18)8-16-11(2)6-7-20-16/h4-7,9,12H,3,8,10,18H2,1-2H3. The van der Waals surface area contributed by atoms with Crippen LogP contribution in [0.3, 0.4) is 0 Å². The average molecular weight is 310 g/mol. The SMILES string of the molecule is CCOc1ccc(Cl)cc1C(CN)Cc1sccc1C. The van der Waals surface area contributed by atoms with Crippen molar-refractivity contribution in [2.45, 2.75) is 26.2 Å². The van der Waals surface area contributed by atoms with Crippen molar-refractivity contribution in [3.8, 4) is 5.75 Å². The van der Waals surface area contributed by atoms with Gasteiger partial charge in [-0.25, -0.2) is 0 Å². The lowest BCUT2D eigenvalue weighted by Gasteiger charge is -2.19. The number of hydrogen-bond acceptors (Lipinski definition) is 3. The fraction of sp³-hybridized carbons (Fsp3) is 0.375. The van der Waals surface area contributed by atoms with Crippen LogP contribution in [0.2, 0.25) is 5.02 Å². The largest absolute Gasteiger partial charge is 0.494 e. The van der Waals surface area contributed by atoms with Gasteiger partial charge in [0, 0.05) is 21.4 Å². The molecule has 2 aromatic rings. The van der Waals surface area contributed by atoms with Gasteiger partial charge in [0.15, 0.2) is 0 Å². The summed E-state index contributed by atoms with van der Waals surface area (Å²) in [7, 11) is 0. The van der Waals surface area contributed by atoms with Crippen LogP contribution in [0.4, 0.5) is 0 Å². The normalized spacial score (nSPS) is 12.4. The maximum Gasteiger partial charge on any atom is 0.122 e. The predicted octanol–water partition coefficient (Wildman–Crippen LogP) is 4.39. The first kappa shape index (κ1) is 15.4. The van der Waals surface area contributed by atoms with Crippen molar-refractivity contribution in [1.82, 2.24) is 0 Å². The molecule has 1 unspecified atom stereocenters. The molecule has 0 aliphatic carbocycles. The third-order valence-corrected chi connectivity index (χ3v) is 4.68. The molecule has 2 nitrogen and oxygen atoms in total. The van der Waals surface area contributed by atoms with Crippen molar-refractivity contribution >= 4 is 22.9 Å². The van der Waals surface area contributed by atoms with E-state index in [1.165, 1.54) is 10.4 Å². The van der Waals surface area contributed by atoms with E-state index in [2.05, 4.69) is 18.4 Å². The zero-order valence-corrected chi connectivity index (χ0v) is 13.4. The van der Waals surface area contributed by atoms with E-state index in [-0.39, 0.29) is 5.92 Å². The Morgan fingerprint density at radius 1 is 1.35 bits per heavy atom. The topological polar surface area (TPSA) is 35.2 Å². The smallest absolute Gasteiger partial charge is 0.122 e. The van der Waals surface area contributed by atoms with Gasteiger partial charge in [0.1, 0.15) is 5.75 Å². The van der Waals surface area contributed by atoms with Gasteiger partial charge in [-0.15, -0.1) is 11.3 Å². The summed E-state index contributed by atoms with van der Waals surface area (Å²) in [6.45, 7) is 5.35. The molecule has 108 valence electrons. The quantitative estimate of drug-likeness (QED) is 0.858. The Morgan fingerprint density at radius 2 is 2.15 bits per heavy atom. The summed E-state index contributed by atoms with van der Waals surface area (Å²) in [5, 5.41) is 2.85. The monoisotopic (exact) mass is 309 g/mol. The molecule has 0 saturated carbocycles. The molecule has 0 aliphatic rings. The maximum absolute atomic E-state index is 6.14. The van der Waals surface area contributed by atoms with Crippen molar-refractivity contribution in [3.05, 3.63) is 50.7 Å². The minimum atomic E-state index is 0.229. The lowest BCUT2D eigenvalue weighted by molar-refractivity contribution is 0.334. The maximum atomic E-state index is 6.14. The van der Waals surface area contributed by atoms with E-state index < -0.39 is 0 Å². The summed E-state index contributed by atoms with van der Waals surface area (Å²) in [5.74, 6) is 1.12. The van der Waals surface area contributed by atoms with Crippen molar-refractivity contribution < 1.29 is 4.74 Å². The summed E-state index contributed by atoms with van der Waals surface area (Å²) in [6.07, 6.45) is 0.931. The molecular formula is C16H20ClNOS. The molecule has 2 N–H and O–H groups in total. The lowest BCUT2D eigenvalue weighted by atomic mass is 9.93. The highest BCUT2D eigenvalue weighted by atomic mass is 35.5. The van der Waals surface area contributed by atoms with Gasteiger partial charge in [0.2, 0.25) is 0 Å². The first-order chi connectivity index (χ1) is 9.65. The van der Waals surface area contributed by atoms with Crippen LogP contribution in [0.1, 0.15) is 28.8 Å². The van der Waals surface area contributed by atoms with E-state index in [4.69, 9.17) is 22.1 Å². The van der Waals surface area contributed by atoms with Crippen LogP contribution >= 0.6 is 22.9 Å². The average Bonchev–Trinajstić information content (AvgIpc) is 2.84. The molecule has 1 aromatic carbocycles. The van der Waals surface area contributed by atoms with Crippen LogP contribution in [-0.4, -0.2) is 13.2 Å². The van der Waals surface area contributed by atoms with Gasteiger partial charge >= 0.3 is 0 Å². The van der Waals surface area contributed by atoms with E-state index >= 15 is 0 Å². The molecule has 0 aliphatic heterocycles. The minimum absolute atomic E-state index is 0.229. The first-order valence-corrected chi connectivity index (χ1v) is 8.06. The summed E-state index contributed by atoms with van der Waals surface area (Å²) in [4.78, 5) is 1.38. The van der Waals surface area contributed by atoms with Crippen molar-refractivity contribution in [1.29, 1.82) is 0 Å². The molecule has 1 aromatic heterocycles. The molecule has 0 fully saturated rings. The third-order valence-electron chi connectivity index (χ3n) is 3.40. The number of aryl methyl sites for hydroxylation is 1. The Bertz CT molecular complexity index is 567. The van der Waals surface area contributed by atoms with E-state index in [1.54, 1.807) is 11.3 Å². The molecule has 1 atom stereocenters. The van der Waals surface area contributed by atoms with Crippen LogP contribution in [0.5, 0.6) is 5.75 Å². The van der Waals surface area contributed by atoms with E-state index in [0.717, 1.165) is 22.8 Å². The van der Waals surface area contributed by atoms with Gasteiger partial charge in [-0.3, -0.25) is 0 Å². The molecule has 1 heterocycles. The van der Waals surface area contributed by atoms with E-state index in [1.807, 2.05) is 25.1 Å². The summed E-state index contributed by atoms with van der Waals surface area (Å²) < 4.78 is 5.71. The van der Waals surface area contributed by atoms with Gasteiger partial charge in [0.25, 0.3) is 0 Å².